The standard InChI is InChI=1S/C18H17Cl2N3O2/c19-15-9-14(4-1-11(15)10-21)25-13-5-2-12(3-6-13)22-18(24)16-7-8-17(20)23-16/h1,4,7-9,12-13,23H,2-3,5-6H2,(H,22,24). The van der Waals surface area contributed by atoms with E-state index in [4.69, 9.17) is 33.2 Å². The molecule has 7 heteroatoms. The maximum Gasteiger partial charge on any atom is 0.267 e. The number of benzene rings is 1. The van der Waals surface area contributed by atoms with Crippen LogP contribution in [-0.4, -0.2) is 23.0 Å². The van der Waals surface area contributed by atoms with Gasteiger partial charge in [-0.05, 0) is 49.9 Å². The van der Waals surface area contributed by atoms with Crippen molar-refractivity contribution in [3.05, 3.63) is 51.8 Å². The van der Waals surface area contributed by atoms with Crippen molar-refractivity contribution in [2.45, 2.75) is 37.8 Å². The Balaban J connectivity index is 1.49. The lowest BCUT2D eigenvalue weighted by molar-refractivity contribution is 0.0889. The summed E-state index contributed by atoms with van der Waals surface area (Å²) >= 11 is 11.8. The van der Waals surface area contributed by atoms with E-state index in [1.165, 1.54) is 0 Å². The zero-order valence-corrected chi connectivity index (χ0v) is 14.9. The van der Waals surface area contributed by atoms with Crippen molar-refractivity contribution < 1.29 is 9.53 Å². The molecule has 130 valence electrons. The number of H-pyrrole nitrogens is 1. The highest BCUT2D eigenvalue weighted by atomic mass is 35.5. The van der Waals surface area contributed by atoms with Gasteiger partial charge in [0.2, 0.25) is 0 Å². The number of carbonyl (C=O) groups excluding carboxylic acids is 1. The SMILES string of the molecule is N#Cc1ccc(OC2CCC(NC(=O)c3ccc(Cl)[nH]3)CC2)cc1Cl. The van der Waals surface area contributed by atoms with E-state index < -0.39 is 0 Å². The third kappa shape index (κ3) is 4.47. The van der Waals surface area contributed by atoms with E-state index in [1.54, 1.807) is 30.3 Å². The van der Waals surface area contributed by atoms with Gasteiger partial charge in [-0.2, -0.15) is 5.26 Å². The van der Waals surface area contributed by atoms with Gasteiger partial charge in [-0.25, -0.2) is 0 Å². The van der Waals surface area contributed by atoms with Crippen molar-refractivity contribution in [2.75, 3.05) is 0 Å². The highest BCUT2D eigenvalue weighted by Gasteiger charge is 2.24. The molecule has 1 aliphatic rings. The Labute approximate surface area is 155 Å². The summed E-state index contributed by atoms with van der Waals surface area (Å²) in [5, 5.41) is 12.8. The minimum Gasteiger partial charge on any atom is -0.490 e. The molecule has 5 nitrogen and oxygen atoms in total. The number of aromatic amines is 1. The number of halogens is 2. The zero-order valence-electron chi connectivity index (χ0n) is 13.4. The van der Waals surface area contributed by atoms with Crippen LogP contribution in [0.5, 0.6) is 5.75 Å². The first-order chi connectivity index (χ1) is 12.0. The lowest BCUT2D eigenvalue weighted by atomic mass is 9.93. The molecule has 3 rings (SSSR count). The summed E-state index contributed by atoms with van der Waals surface area (Å²) in [5.74, 6) is 0.521. The number of ether oxygens (including phenoxy) is 1. The van der Waals surface area contributed by atoms with Crippen LogP contribution in [-0.2, 0) is 0 Å². The molecule has 1 saturated carbocycles. The predicted molar refractivity (Wildman–Crippen MR) is 96.1 cm³/mol. The summed E-state index contributed by atoms with van der Waals surface area (Å²) < 4.78 is 5.95. The van der Waals surface area contributed by atoms with Gasteiger partial charge in [0.1, 0.15) is 22.7 Å². The molecular weight excluding hydrogens is 361 g/mol. The van der Waals surface area contributed by atoms with E-state index >= 15 is 0 Å². The maximum atomic E-state index is 12.1. The second kappa shape index (κ2) is 7.81. The highest BCUT2D eigenvalue weighted by molar-refractivity contribution is 6.31. The molecule has 0 atom stereocenters. The van der Waals surface area contributed by atoms with E-state index in [1.807, 2.05) is 6.07 Å². The van der Waals surface area contributed by atoms with Gasteiger partial charge in [0, 0.05) is 12.1 Å². The summed E-state index contributed by atoms with van der Waals surface area (Å²) in [7, 11) is 0. The molecule has 0 spiro atoms. The Hall–Kier alpha value is -2.16. The average Bonchev–Trinajstić information content (AvgIpc) is 3.03. The number of hydrogen-bond acceptors (Lipinski definition) is 3. The third-order valence-electron chi connectivity index (χ3n) is 4.27. The molecule has 1 fully saturated rings. The van der Waals surface area contributed by atoms with Gasteiger partial charge in [-0.15, -0.1) is 0 Å². The van der Waals surface area contributed by atoms with Crippen molar-refractivity contribution in [1.29, 1.82) is 5.26 Å². The Bertz CT molecular complexity index is 805. The Morgan fingerprint density at radius 2 is 1.96 bits per heavy atom. The first kappa shape index (κ1) is 17.7. The third-order valence-corrected chi connectivity index (χ3v) is 4.80. The minimum atomic E-state index is -0.143. The summed E-state index contributed by atoms with van der Waals surface area (Å²) in [6.07, 6.45) is 3.45. The van der Waals surface area contributed by atoms with Crippen LogP contribution in [0.3, 0.4) is 0 Å². The number of hydrogen-bond donors (Lipinski definition) is 2. The molecule has 0 unspecified atom stereocenters. The van der Waals surface area contributed by atoms with Crippen LogP contribution >= 0.6 is 23.2 Å². The largest absolute Gasteiger partial charge is 0.490 e. The Kier molecular flexibility index (Phi) is 5.52. The molecule has 1 heterocycles. The molecule has 2 aromatic rings. The van der Waals surface area contributed by atoms with Crippen LogP contribution in [0, 0.1) is 11.3 Å². The fourth-order valence-corrected chi connectivity index (χ4v) is 3.32. The van der Waals surface area contributed by atoms with Gasteiger partial charge < -0.3 is 15.0 Å². The number of rotatable bonds is 4. The first-order valence-electron chi connectivity index (χ1n) is 8.07. The van der Waals surface area contributed by atoms with Crippen molar-refractivity contribution >= 4 is 29.1 Å². The fourth-order valence-electron chi connectivity index (χ4n) is 2.94. The van der Waals surface area contributed by atoms with Gasteiger partial charge in [-0.3, -0.25) is 4.79 Å². The van der Waals surface area contributed by atoms with E-state index in [9.17, 15) is 4.79 Å². The van der Waals surface area contributed by atoms with Crippen LogP contribution in [0.4, 0.5) is 0 Å². The quantitative estimate of drug-likeness (QED) is 0.832. The maximum absolute atomic E-state index is 12.1. The van der Waals surface area contributed by atoms with Gasteiger partial charge in [0.15, 0.2) is 0 Å². The fraction of sp³-hybridized carbons (Fsp3) is 0.333. The molecular formula is C18H17Cl2N3O2. The van der Waals surface area contributed by atoms with Crippen molar-refractivity contribution in [2.24, 2.45) is 0 Å². The lowest BCUT2D eigenvalue weighted by Crippen LogP contribution is -2.39. The Morgan fingerprint density at radius 1 is 1.20 bits per heavy atom. The molecule has 25 heavy (non-hydrogen) atoms. The molecule has 0 bridgehead atoms. The number of nitriles is 1. The minimum absolute atomic E-state index is 0.0806. The van der Waals surface area contributed by atoms with E-state index in [0.717, 1.165) is 25.7 Å². The Morgan fingerprint density at radius 3 is 2.56 bits per heavy atom. The smallest absolute Gasteiger partial charge is 0.267 e. The molecule has 2 N–H and O–H groups in total. The number of carbonyl (C=O) groups is 1. The monoisotopic (exact) mass is 377 g/mol. The molecule has 0 saturated heterocycles. The number of amides is 1. The van der Waals surface area contributed by atoms with Crippen molar-refractivity contribution in [1.82, 2.24) is 10.3 Å². The van der Waals surface area contributed by atoms with Crippen LogP contribution < -0.4 is 10.1 Å². The van der Waals surface area contributed by atoms with Gasteiger partial charge >= 0.3 is 0 Å². The predicted octanol–water partition coefficient (Wildman–Crippen LogP) is 4.31. The van der Waals surface area contributed by atoms with Crippen LogP contribution in [0.2, 0.25) is 10.2 Å². The van der Waals surface area contributed by atoms with Crippen LogP contribution in [0.1, 0.15) is 41.7 Å². The van der Waals surface area contributed by atoms with Gasteiger partial charge in [-0.1, -0.05) is 23.2 Å². The topological polar surface area (TPSA) is 77.9 Å². The second-order valence-corrected chi connectivity index (χ2v) is 6.85. The zero-order chi connectivity index (χ0) is 17.8. The first-order valence-corrected chi connectivity index (χ1v) is 8.82. The van der Waals surface area contributed by atoms with E-state index in [-0.39, 0.29) is 18.1 Å². The summed E-state index contributed by atoms with van der Waals surface area (Å²) in [4.78, 5) is 14.9. The van der Waals surface area contributed by atoms with E-state index in [2.05, 4.69) is 10.3 Å². The molecule has 1 amide bonds. The molecule has 1 aliphatic carbocycles. The molecule has 0 radical (unpaired) electrons. The second-order valence-electron chi connectivity index (χ2n) is 6.04. The van der Waals surface area contributed by atoms with Crippen molar-refractivity contribution in [3.63, 3.8) is 0 Å². The summed E-state index contributed by atoms with van der Waals surface area (Å²) in [5.41, 5.74) is 0.903. The van der Waals surface area contributed by atoms with E-state index in [0.29, 0.717) is 27.2 Å². The number of nitrogens with zero attached hydrogens (tertiary/aromatic N) is 1. The lowest BCUT2D eigenvalue weighted by Gasteiger charge is -2.29. The van der Waals surface area contributed by atoms with Crippen LogP contribution in [0.25, 0.3) is 0 Å². The highest BCUT2D eigenvalue weighted by Crippen LogP contribution is 2.27. The van der Waals surface area contributed by atoms with Gasteiger partial charge in [0.05, 0.1) is 16.7 Å². The number of aromatic nitrogens is 1. The normalized spacial score (nSPS) is 19.9. The molecule has 0 aliphatic heterocycles. The number of nitrogens with one attached hydrogen (secondary N) is 2. The molecule has 1 aromatic heterocycles. The van der Waals surface area contributed by atoms with Crippen molar-refractivity contribution in [3.8, 4) is 11.8 Å². The average molecular weight is 378 g/mol. The van der Waals surface area contributed by atoms with Gasteiger partial charge in [0.25, 0.3) is 5.91 Å². The summed E-state index contributed by atoms with van der Waals surface area (Å²) in [6, 6.07) is 10.6. The summed E-state index contributed by atoms with van der Waals surface area (Å²) in [6.45, 7) is 0. The van der Waals surface area contributed by atoms with Crippen LogP contribution in [0.15, 0.2) is 30.3 Å². The molecule has 1 aromatic carbocycles.